The SMILES string of the molecule is CC/C=C\C/C=C\C/C=C\C/C=C\CCCCCCCCCCC(=O)OC(COC(=O)CCCCCCCCCCCCC/C=C\C/C=C\CCCCCCC)COC(=O)CCCCCCCCCCCCCCCCCCCCC. The van der Waals surface area contributed by atoms with Gasteiger partial charge in [0.2, 0.25) is 0 Å². The lowest BCUT2D eigenvalue weighted by molar-refractivity contribution is -0.167. The van der Waals surface area contributed by atoms with Crippen molar-refractivity contribution in [1.82, 2.24) is 0 Å². The summed E-state index contributed by atoms with van der Waals surface area (Å²) in [4.78, 5) is 38.5. The van der Waals surface area contributed by atoms with Crippen molar-refractivity contribution >= 4 is 17.9 Å². The van der Waals surface area contributed by atoms with Crippen LogP contribution in [0, 0.1) is 0 Å². The summed E-state index contributed by atoms with van der Waals surface area (Å²) in [6, 6.07) is 0. The minimum absolute atomic E-state index is 0.0753. The van der Waals surface area contributed by atoms with Gasteiger partial charge in [0.25, 0.3) is 0 Å². The Morgan fingerprint density at radius 2 is 0.481 bits per heavy atom. The summed E-state index contributed by atoms with van der Waals surface area (Å²) in [5, 5.41) is 0. The highest BCUT2D eigenvalue weighted by atomic mass is 16.6. The molecular formula is C75H134O6. The summed E-state index contributed by atoms with van der Waals surface area (Å²) in [5.41, 5.74) is 0. The number of carbonyl (C=O) groups excluding carboxylic acids is 3. The van der Waals surface area contributed by atoms with Crippen LogP contribution in [0.4, 0.5) is 0 Å². The van der Waals surface area contributed by atoms with Gasteiger partial charge < -0.3 is 14.2 Å². The quantitative estimate of drug-likeness (QED) is 0.0261. The van der Waals surface area contributed by atoms with Crippen LogP contribution in [-0.4, -0.2) is 37.2 Å². The number of esters is 3. The third-order valence-corrected chi connectivity index (χ3v) is 15.7. The summed E-state index contributed by atoms with van der Waals surface area (Å²) < 4.78 is 17.0. The molecule has 1 atom stereocenters. The Labute approximate surface area is 503 Å². The number of allylic oxidation sites excluding steroid dienone is 12. The Bertz CT molecular complexity index is 1490. The third kappa shape index (κ3) is 67.5. The topological polar surface area (TPSA) is 78.9 Å². The maximum absolute atomic E-state index is 13.0. The monoisotopic (exact) mass is 1130 g/mol. The Morgan fingerprint density at radius 3 is 0.753 bits per heavy atom. The fourth-order valence-electron chi connectivity index (χ4n) is 10.4. The largest absolute Gasteiger partial charge is 0.462 e. The average Bonchev–Trinajstić information content (AvgIpc) is 3.47. The van der Waals surface area contributed by atoms with E-state index in [0.29, 0.717) is 19.3 Å². The standard InChI is InChI=1S/C75H134O6/c1-4-7-10-13-16-19-22-25-28-31-34-36-37-39-41-44-47-50-53-56-59-62-65-68-74(77)80-71-72(70-79-73(76)67-64-61-58-55-52-49-46-43-40-33-30-27-24-21-18-15-12-9-6-3)81-75(78)69-66-63-60-57-54-51-48-45-42-38-35-32-29-26-23-20-17-14-11-8-5-2/h8,11,17,20,22,25-26,29,31,34-35,38,72H,4-7,9-10,12-16,18-19,21,23-24,27-28,30,32-33,36-37,39-71H2,1-3H3/b11-8-,20-17-,25-22-,29-26-,34-31-,38-35-. The van der Waals surface area contributed by atoms with E-state index in [-0.39, 0.29) is 31.1 Å². The zero-order chi connectivity index (χ0) is 58.5. The Morgan fingerprint density at radius 1 is 0.259 bits per heavy atom. The van der Waals surface area contributed by atoms with E-state index >= 15 is 0 Å². The first-order valence-electron chi connectivity index (χ1n) is 35.4. The predicted octanol–water partition coefficient (Wildman–Crippen LogP) is 24.4. The van der Waals surface area contributed by atoms with Crippen molar-refractivity contribution in [3.05, 3.63) is 72.9 Å². The Kier molecular flexibility index (Phi) is 66.6. The highest BCUT2D eigenvalue weighted by molar-refractivity contribution is 5.71. The molecule has 1 unspecified atom stereocenters. The van der Waals surface area contributed by atoms with E-state index in [1.54, 1.807) is 0 Å². The van der Waals surface area contributed by atoms with Crippen LogP contribution in [0.5, 0.6) is 0 Å². The fourth-order valence-corrected chi connectivity index (χ4v) is 10.4. The van der Waals surface area contributed by atoms with E-state index in [4.69, 9.17) is 14.2 Å². The smallest absolute Gasteiger partial charge is 0.306 e. The van der Waals surface area contributed by atoms with Crippen molar-refractivity contribution in [3.63, 3.8) is 0 Å². The van der Waals surface area contributed by atoms with Crippen molar-refractivity contribution in [2.45, 2.75) is 374 Å². The van der Waals surface area contributed by atoms with Gasteiger partial charge in [-0.25, -0.2) is 0 Å². The van der Waals surface area contributed by atoms with Crippen LogP contribution in [0.1, 0.15) is 367 Å². The molecule has 0 fully saturated rings. The van der Waals surface area contributed by atoms with Gasteiger partial charge in [0.05, 0.1) is 0 Å². The van der Waals surface area contributed by atoms with Gasteiger partial charge in [-0.3, -0.25) is 14.4 Å². The molecule has 0 amide bonds. The zero-order valence-corrected chi connectivity index (χ0v) is 54.1. The van der Waals surface area contributed by atoms with E-state index < -0.39 is 6.10 Å². The first kappa shape index (κ1) is 77.9. The fraction of sp³-hybridized carbons (Fsp3) is 0.800. The molecule has 0 rings (SSSR count). The van der Waals surface area contributed by atoms with Crippen molar-refractivity contribution in [2.75, 3.05) is 13.2 Å². The van der Waals surface area contributed by atoms with Crippen molar-refractivity contribution in [2.24, 2.45) is 0 Å². The molecule has 0 heterocycles. The lowest BCUT2D eigenvalue weighted by atomic mass is 10.0. The molecule has 0 aromatic carbocycles. The number of unbranched alkanes of at least 4 members (excludes halogenated alkanes) is 42. The van der Waals surface area contributed by atoms with Crippen LogP contribution in [-0.2, 0) is 28.6 Å². The van der Waals surface area contributed by atoms with E-state index in [1.165, 1.54) is 231 Å². The molecule has 0 N–H and O–H groups in total. The Hall–Kier alpha value is -3.15. The van der Waals surface area contributed by atoms with Gasteiger partial charge >= 0.3 is 17.9 Å². The molecule has 0 aromatic heterocycles. The number of ether oxygens (including phenoxy) is 3. The molecule has 6 nitrogen and oxygen atoms in total. The van der Waals surface area contributed by atoms with E-state index in [1.807, 2.05) is 0 Å². The number of rotatable bonds is 65. The highest BCUT2D eigenvalue weighted by Crippen LogP contribution is 2.18. The summed E-state index contributed by atoms with van der Waals surface area (Å²) in [6.45, 7) is 6.57. The minimum atomic E-state index is -0.781. The minimum Gasteiger partial charge on any atom is -0.462 e. The van der Waals surface area contributed by atoms with Gasteiger partial charge in [-0.2, -0.15) is 0 Å². The first-order chi connectivity index (χ1) is 40.0. The normalized spacial score (nSPS) is 12.5. The molecule has 0 aliphatic carbocycles. The maximum Gasteiger partial charge on any atom is 0.306 e. The number of hydrogen-bond donors (Lipinski definition) is 0. The summed E-state index contributed by atoms with van der Waals surface area (Å²) in [7, 11) is 0. The second-order valence-corrected chi connectivity index (χ2v) is 23.8. The van der Waals surface area contributed by atoms with Crippen molar-refractivity contribution in [3.8, 4) is 0 Å². The van der Waals surface area contributed by atoms with E-state index in [0.717, 1.165) is 96.3 Å². The lowest BCUT2D eigenvalue weighted by Gasteiger charge is -2.18. The van der Waals surface area contributed by atoms with Crippen LogP contribution in [0.3, 0.4) is 0 Å². The second-order valence-electron chi connectivity index (χ2n) is 23.8. The molecular weight excluding hydrogens is 997 g/mol. The molecule has 0 saturated heterocycles. The molecule has 470 valence electrons. The van der Waals surface area contributed by atoms with Crippen LogP contribution in [0.15, 0.2) is 72.9 Å². The van der Waals surface area contributed by atoms with Gasteiger partial charge in [0.1, 0.15) is 13.2 Å². The van der Waals surface area contributed by atoms with Crippen molar-refractivity contribution in [1.29, 1.82) is 0 Å². The first-order valence-corrected chi connectivity index (χ1v) is 35.4. The van der Waals surface area contributed by atoms with Gasteiger partial charge in [0.15, 0.2) is 6.10 Å². The van der Waals surface area contributed by atoms with Gasteiger partial charge in [-0.05, 0) is 89.9 Å². The number of hydrogen-bond acceptors (Lipinski definition) is 6. The van der Waals surface area contributed by atoms with Gasteiger partial charge in [-0.1, -0.05) is 331 Å². The summed E-state index contributed by atoms with van der Waals surface area (Å²) >= 11 is 0. The van der Waals surface area contributed by atoms with Crippen molar-refractivity contribution < 1.29 is 28.6 Å². The molecule has 6 heteroatoms. The predicted molar refractivity (Wildman–Crippen MR) is 353 cm³/mol. The van der Waals surface area contributed by atoms with Gasteiger partial charge in [0, 0.05) is 19.3 Å². The molecule has 0 bridgehead atoms. The molecule has 0 aliphatic heterocycles. The van der Waals surface area contributed by atoms with E-state index in [2.05, 4.69) is 93.7 Å². The van der Waals surface area contributed by atoms with Gasteiger partial charge in [-0.15, -0.1) is 0 Å². The molecule has 0 radical (unpaired) electrons. The third-order valence-electron chi connectivity index (χ3n) is 15.7. The molecule has 0 aromatic rings. The van der Waals surface area contributed by atoms with Crippen LogP contribution >= 0.6 is 0 Å². The van der Waals surface area contributed by atoms with E-state index in [9.17, 15) is 14.4 Å². The number of carbonyl (C=O) groups is 3. The molecule has 0 saturated carbocycles. The van der Waals surface area contributed by atoms with Crippen LogP contribution in [0.25, 0.3) is 0 Å². The van der Waals surface area contributed by atoms with Crippen LogP contribution in [0.2, 0.25) is 0 Å². The second kappa shape index (κ2) is 69.3. The average molecular weight is 1130 g/mol. The molecule has 0 aliphatic rings. The zero-order valence-electron chi connectivity index (χ0n) is 54.1. The maximum atomic E-state index is 13.0. The highest BCUT2D eigenvalue weighted by Gasteiger charge is 2.19. The summed E-state index contributed by atoms with van der Waals surface area (Å²) in [6.07, 6.45) is 90.6. The lowest BCUT2D eigenvalue weighted by Crippen LogP contribution is -2.30. The molecule has 81 heavy (non-hydrogen) atoms. The molecule has 0 spiro atoms. The Balaban J connectivity index is 4.36. The summed E-state index contributed by atoms with van der Waals surface area (Å²) in [5.74, 6) is -0.862. The van der Waals surface area contributed by atoms with Crippen LogP contribution < -0.4 is 0 Å².